The summed E-state index contributed by atoms with van der Waals surface area (Å²) in [5.41, 5.74) is 4.51. The van der Waals surface area contributed by atoms with Crippen molar-refractivity contribution in [1.29, 1.82) is 0 Å². The van der Waals surface area contributed by atoms with E-state index in [1.165, 1.54) is 37.4 Å². The van der Waals surface area contributed by atoms with Gasteiger partial charge in [-0.1, -0.05) is 42.5 Å². The molecular weight excluding hydrogens is 480 g/mol. The summed E-state index contributed by atoms with van der Waals surface area (Å²) in [6.45, 7) is 1.04. The molecule has 0 spiro atoms. The number of hydrogen-bond acceptors (Lipinski definition) is 6. The third-order valence-electron chi connectivity index (χ3n) is 5.12. The Labute approximate surface area is 210 Å². The van der Waals surface area contributed by atoms with Crippen molar-refractivity contribution in [3.05, 3.63) is 90.0 Å². The summed E-state index contributed by atoms with van der Waals surface area (Å²) in [5.74, 6) is -0.199. The highest BCUT2D eigenvalue weighted by Crippen LogP contribution is 2.19. The number of amides is 2. The van der Waals surface area contributed by atoms with Gasteiger partial charge in [-0.15, -0.1) is 0 Å². The first-order chi connectivity index (χ1) is 17.3. The topological polar surface area (TPSA) is 117 Å². The van der Waals surface area contributed by atoms with E-state index in [9.17, 15) is 18.0 Å². The van der Waals surface area contributed by atoms with Crippen LogP contribution in [0.1, 0.15) is 18.1 Å². The first-order valence-electron chi connectivity index (χ1n) is 11.2. The Hall–Kier alpha value is -4.02. The van der Waals surface area contributed by atoms with Gasteiger partial charge >= 0.3 is 0 Å². The van der Waals surface area contributed by atoms with Gasteiger partial charge in [-0.05, 0) is 53.9 Å². The second kappa shape index (κ2) is 12.6. The van der Waals surface area contributed by atoms with Crippen LogP contribution in [0.15, 0.2) is 88.9 Å². The maximum atomic E-state index is 13.4. The zero-order valence-corrected chi connectivity index (χ0v) is 20.9. The largest absolute Gasteiger partial charge is 0.497 e. The van der Waals surface area contributed by atoms with Crippen molar-refractivity contribution in [3.8, 4) is 5.75 Å². The number of carbonyl (C=O) groups excluding carboxylic acids is 2. The molecule has 2 amide bonds. The van der Waals surface area contributed by atoms with E-state index in [0.29, 0.717) is 23.4 Å². The van der Waals surface area contributed by atoms with Gasteiger partial charge in [0.1, 0.15) is 5.75 Å². The molecule has 0 bridgehead atoms. The summed E-state index contributed by atoms with van der Waals surface area (Å²) in [4.78, 5) is 23.9. The number of methoxy groups -OCH3 is 1. The number of nitrogens with zero attached hydrogens (tertiary/aromatic N) is 2. The van der Waals surface area contributed by atoms with Crippen LogP contribution in [0.25, 0.3) is 0 Å². The standard InChI is InChI=1S/C26H28N4O5S/c1-20(31)28-23-11-13-25(14-12-23)36(33,34)30(16-15-21-7-4-3-5-8-21)19-26(32)29-27-18-22-9-6-10-24(17-22)35-2/h3-14,17-18H,15-16,19H2,1-2H3,(H,28,31)(H,29,32). The van der Waals surface area contributed by atoms with Gasteiger partial charge in [0.15, 0.2) is 0 Å². The number of nitrogens with one attached hydrogen (secondary N) is 2. The maximum absolute atomic E-state index is 13.4. The summed E-state index contributed by atoms with van der Waals surface area (Å²) in [6.07, 6.45) is 1.87. The van der Waals surface area contributed by atoms with E-state index in [2.05, 4.69) is 15.8 Å². The zero-order valence-electron chi connectivity index (χ0n) is 20.0. The summed E-state index contributed by atoms with van der Waals surface area (Å²) in [7, 11) is -2.45. The van der Waals surface area contributed by atoms with Gasteiger partial charge in [0.05, 0.1) is 24.8 Å². The molecule has 0 atom stereocenters. The minimum Gasteiger partial charge on any atom is -0.497 e. The molecule has 0 aliphatic heterocycles. The Kier molecular flexibility index (Phi) is 9.32. The van der Waals surface area contributed by atoms with E-state index in [4.69, 9.17) is 4.74 Å². The Morgan fingerprint density at radius 3 is 2.39 bits per heavy atom. The van der Waals surface area contributed by atoms with E-state index >= 15 is 0 Å². The molecule has 3 aromatic rings. The molecule has 188 valence electrons. The van der Waals surface area contributed by atoms with E-state index < -0.39 is 22.5 Å². The number of anilines is 1. The van der Waals surface area contributed by atoms with Gasteiger partial charge in [0.2, 0.25) is 15.9 Å². The number of carbonyl (C=O) groups is 2. The maximum Gasteiger partial charge on any atom is 0.255 e. The molecule has 0 saturated heterocycles. The summed E-state index contributed by atoms with van der Waals surface area (Å²) >= 11 is 0. The quantitative estimate of drug-likeness (QED) is 0.305. The first-order valence-corrected chi connectivity index (χ1v) is 12.6. The molecule has 0 saturated carbocycles. The van der Waals surface area contributed by atoms with Gasteiger partial charge in [-0.25, -0.2) is 13.8 Å². The number of sulfonamides is 1. The van der Waals surface area contributed by atoms with Crippen LogP contribution in [-0.2, 0) is 26.0 Å². The molecule has 3 aromatic carbocycles. The smallest absolute Gasteiger partial charge is 0.255 e. The monoisotopic (exact) mass is 508 g/mol. The van der Waals surface area contributed by atoms with Crippen molar-refractivity contribution in [1.82, 2.24) is 9.73 Å². The fourth-order valence-corrected chi connectivity index (χ4v) is 4.74. The molecule has 0 aliphatic rings. The average molecular weight is 509 g/mol. The van der Waals surface area contributed by atoms with Crippen molar-refractivity contribution in [3.63, 3.8) is 0 Å². The van der Waals surface area contributed by atoms with Crippen LogP contribution in [0.5, 0.6) is 5.75 Å². The van der Waals surface area contributed by atoms with Crippen LogP contribution < -0.4 is 15.5 Å². The molecule has 2 N–H and O–H groups in total. The van der Waals surface area contributed by atoms with Crippen LogP contribution >= 0.6 is 0 Å². The molecule has 10 heteroatoms. The van der Waals surface area contributed by atoms with E-state index in [-0.39, 0.29) is 17.3 Å². The number of ether oxygens (including phenoxy) is 1. The Balaban J connectivity index is 1.75. The fraction of sp³-hybridized carbons (Fsp3) is 0.192. The molecule has 3 rings (SSSR count). The lowest BCUT2D eigenvalue weighted by molar-refractivity contribution is -0.121. The number of hydrazone groups is 1. The van der Waals surface area contributed by atoms with E-state index in [1.807, 2.05) is 30.3 Å². The van der Waals surface area contributed by atoms with Crippen molar-refractivity contribution in [2.24, 2.45) is 5.10 Å². The van der Waals surface area contributed by atoms with E-state index in [0.717, 1.165) is 9.87 Å². The van der Waals surface area contributed by atoms with Crippen molar-refractivity contribution >= 4 is 33.7 Å². The van der Waals surface area contributed by atoms with Crippen molar-refractivity contribution in [2.75, 3.05) is 25.5 Å². The van der Waals surface area contributed by atoms with Crippen LogP contribution in [-0.4, -0.2) is 51.0 Å². The third-order valence-corrected chi connectivity index (χ3v) is 6.98. The summed E-state index contributed by atoms with van der Waals surface area (Å²) in [5, 5.41) is 6.54. The van der Waals surface area contributed by atoms with Crippen LogP contribution in [0.2, 0.25) is 0 Å². The van der Waals surface area contributed by atoms with Crippen molar-refractivity contribution < 1.29 is 22.7 Å². The Bertz CT molecular complexity index is 1310. The average Bonchev–Trinajstić information content (AvgIpc) is 2.87. The Morgan fingerprint density at radius 1 is 1.00 bits per heavy atom. The normalized spacial score (nSPS) is 11.4. The molecular formula is C26H28N4O5S. The molecule has 0 fully saturated rings. The molecule has 0 aromatic heterocycles. The van der Waals surface area contributed by atoms with E-state index in [1.54, 1.807) is 31.4 Å². The number of hydrogen-bond donors (Lipinski definition) is 2. The van der Waals surface area contributed by atoms with Gasteiger partial charge in [-0.2, -0.15) is 9.41 Å². The lowest BCUT2D eigenvalue weighted by atomic mass is 10.1. The van der Waals surface area contributed by atoms with Gasteiger partial charge in [-0.3, -0.25) is 9.59 Å². The predicted octanol–water partition coefficient (Wildman–Crippen LogP) is 3.04. The highest BCUT2D eigenvalue weighted by atomic mass is 32.2. The number of benzene rings is 3. The van der Waals surface area contributed by atoms with Gasteiger partial charge in [0.25, 0.3) is 5.91 Å². The van der Waals surface area contributed by atoms with Gasteiger partial charge < -0.3 is 10.1 Å². The zero-order chi connectivity index (χ0) is 26.0. The SMILES string of the molecule is COc1cccc(C=NNC(=O)CN(CCc2ccccc2)S(=O)(=O)c2ccc(NC(C)=O)cc2)c1. The summed E-state index contributed by atoms with van der Waals surface area (Å²) < 4.78 is 33.1. The predicted molar refractivity (Wildman–Crippen MR) is 138 cm³/mol. The van der Waals surface area contributed by atoms with Crippen LogP contribution in [0, 0.1) is 0 Å². The minimum absolute atomic E-state index is 0.0114. The minimum atomic E-state index is -4.01. The first kappa shape index (κ1) is 26.6. The second-order valence-corrected chi connectivity index (χ2v) is 9.79. The fourth-order valence-electron chi connectivity index (χ4n) is 3.34. The highest BCUT2D eigenvalue weighted by Gasteiger charge is 2.26. The molecule has 0 unspecified atom stereocenters. The highest BCUT2D eigenvalue weighted by molar-refractivity contribution is 7.89. The molecule has 0 heterocycles. The molecule has 36 heavy (non-hydrogen) atoms. The lowest BCUT2D eigenvalue weighted by Crippen LogP contribution is -2.40. The van der Waals surface area contributed by atoms with Crippen LogP contribution in [0.3, 0.4) is 0 Å². The van der Waals surface area contributed by atoms with Crippen LogP contribution in [0.4, 0.5) is 5.69 Å². The number of rotatable bonds is 11. The molecule has 0 radical (unpaired) electrons. The molecule has 9 nitrogen and oxygen atoms in total. The molecule has 0 aliphatic carbocycles. The Morgan fingerprint density at radius 2 is 1.72 bits per heavy atom. The van der Waals surface area contributed by atoms with Crippen molar-refractivity contribution in [2.45, 2.75) is 18.2 Å². The lowest BCUT2D eigenvalue weighted by Gasteiger charge is -2.21. The van der Waals surface area contributed by atoms with Gasteiger partial charge in [0, 0.05) is 19.2 Å². The summed E-state index contributed by atoms with van der Waals surface area (Å²) in [6, 6.07) is 22.3. The second-order valence-electron chi connectivity index (χ2n) is 7.85. The third kappa shape index (κ3) is 7.76.